The third-order valence-electron chi connectivity index (χ3n) is 2.14. The molecule has 5 heteroatoms. The Morgan fingerprint density at radius 2 is 2.21 bits per heavy atom. The number of hydrogen-bond donors (Lipinski definition) is 1. The summed E-state index contributed by atoms with van der Waals surface area (Å²) in [7, 11) is 0. The first kappa shape index (κ1) is 7.70. The fourth-order valence-electron chi connectivity index (χ4n) is 1.51. The summed E-state index contributed by atoms with van der Waals surface area (Å²) in [6.45, 7) is 0. The van der Waals surface area contributed by atoms with Crippen molar-refractivity contribution in [3.8, 4) is 0 Å². The summed E-state index contributed by atoms with van der Waals surface area (Å²) in [6, 6.07) is 1.90. The molecule has 0 aromatic carbocycles. The first-order chi connectivity index (χ1) is 6.86. The van der Waals surface area contributed by atoms with Crippen molar-refractivity contribution in [3.05, 3.63) is 29.8 Å². The van der Waals surface area contributed by atoms with Crippen LogP contribution in [0.3, 0.4) is 0 Å². The van der Waals surface area contributed by atoms with Gasteiger partial charge in [0.1, 0.15) is 5.52 Å². The van der Waals surface area contributed by atoms with E-state index < -0.39 is 0 Å². The van der Waals surface area contributed by atoms with Gasteiger partial charge in [0.2, 0.25) is 0 Å². The summed E-state index contributed by atoms with van der Waals surface area (Å²) in [4.78, 5) is 8.19. The van der Waals surface area contributed by atoms with E-state index >= 15 is 0 Å². The van der Waals surface area contributed by atoms with Gasteiger partial charge in [0.05, 0.1) is 11.7 Å². The van der Waals surface area contributed by atoms with Gasteiger partial charge in [0.15, 0.2) is 5.15 Å². The topological polar surface area (TPSA) is 54.5 Å². The molecule has 3 aromatic heterocycles. The van der Waals surface area contributed by atoms with E-state index in [1.807, 2.05) is 12.3 Å². The van der Waals surface area contributed by atoms with Crippen LogP contribution in [-0.4, -0.2) is 20.2 Å². The second kappa shape index (κ2) is 2.65. The van der Waals surface area contributed by atoms with E-state index in [1.54, 1.807) is 12.4 Å². The predicted molar refractivity (Wildman–Crippen MR) is 54.2 cm³/mol. The molecule has 3 heterocycles. The summed E-state index contributed by atoms with van der Waals surface area (Å²) in [6.07, 6.45) is 5.23. The molecule has 0 aliphatic rings. The van der Waals surface area contributed by atoms with Crippen LogP contribution in [0.1, 0.15) is 0 Å². The van der Waals surface area contributed by atoms with Crippen LogP contribution in [0.15, 0.2) is 24.7 Å². The molecule has 0 saturated carbocycles. The third kappa shape index (κ3) is 0.914. The van der Waals surface area contributed by atoms with Crippen LogP contribution in [0.2, 0.25) is 5.15 Å². The van der Waals surface area contributed by atoms with E-state index in [9.17, 15) is 0 Å². The molecule has 3 aromatic rings. The van der Waals surface area contributed by atoms with E-state index in [4.69, 9.17) is 11.6 Å². The van der Waals surface area contributed by atoms with Crippen LogP contribution in [0, 0.1) is 0 Å². The zero-order valence-corrected chi connectivity index (χ0v) is 7.78. The Hall–Kier alpha value is -1.68. The predicted octanol–water partition coefficient (Wildman–Crippen LogP) is 2.16. The van der Waals surface area contributed by atoms with Gasteiger partial charge in [-0.2, -0.15) is 5.10 Å². The largest absolute Gasteiger partial charge is 0.284 e. The Labute approximate surface area is 83.9 Å². The van der Waals surface area contributed by atoms with Crippen LogP contribution in [0.5, 0.6) is 0 Å². The molecule has 4 nitrogen and oxygen atoms in total. The molecular weight excluding hydrogens is 200 g/mol. The second-order valence-corrected chi connectivity index (χ2v) is 3.30. The molecule has 0 amide bonds. The molecule has 0 fully saturated rings. The average Bonchev–Trinajstić information content (AvgIpc) is 2.67. The Bertz CT molecular complexity index is 616. The van der Waals surface area contributed by atoms with Crippen molar-refractivity contribution in [2.45, 2.75) is 0 Å². The fraction of sp³-hybridized carbons (Fsp3) is 0. The van der Waals surface area contributed by atoms with Crippen molar-refractivity contribution >= 4 is 33.4 Å². The highest BCUT2D eigenvalue weighted by Crippen LogP contribution is 2.26. The Kier molecular flexibility index (Phi) is 1.46. The summed E-state index contributed by atoms with van der Waals surface area (Å²) in [5.41, 5.74) is 1.48. The van der Waals surface area contributed by atoms with Gasteiger partial charge in [-0.25, -0.2) is 4.98 Å². The maximum atomic E-state index is 5.96. The van der Waals surface area contributed by atoms with Gasteiger partial charge in [0.25, 0.3) is 0 Å². The molecule has 0 aliphatic heterocycles. The highest BCUT2D eigenvalue weighted by atomic mass is 35.5. The van der Waals surface area contributed by atoms with E-state index in [0.717, 1.165) is 16.3 Å². The maximum absolute atomic E-state index is 5.96. The molecule has 0 unspecified atom stereocenters. The summed E-state index contributed by atoms with van der Waals surface area (Å²) >= 11 is 5.96. The number of aromatic nitrogens is 4. The van der Waals surface area contributed by atoms with Crippen LogP contribution in [0.4, 0.5) is 0 Å². The lowest BCUT2D eigenvalue weighted by molar-refractivity contribution is 1.12. The SMILES string of the molecule is Clc1nc2cnccc2c2c[nH]nc12. The van der Waals surface area contributed by atoms with E-state index in [1.165, 1.54) is 0 Å². The van der Waals surface area contributed by atoms with Crippen LogP contribution in [0.25, 0.3) is 21.8 Å². The average molecular weight is 205 g/mol. The van der Waals surface area contributed by atoms with Crippen molar-refractivity contribution in [1.82, 2.24) is 20.2 Å². The first-order valence-corrected chi connectivity index (χ1v) is 4.47. The van der Waals surface area contributed by atoms with Gasteiger partial charge < -0.3 is 0 Å². The van der Waals surface area contributed by atoms with Crippen molar-refractivity contribution in [2.75, 3.05) is 0 Å². The molecule has 0 bridgehead atoms. The summed E-state index contributed by atoms with van der Waals surface area (Å²) in [5.74, 6) is 0. The van der Waals surface area contributed by atoms with Gasteiger partial charge >= 0.3 is 0 Å². The van der Waals surface area contributed by atoms with E-state index in [0.29, 0.717) is 10.7 Å². The third-order valence-corrected chi connectivity index (χ3v) is 2.41. The minimum Gasteiger partial charge on any atom is -0.284 e. The first-order valence-electron chi connectivity index (χ1n) is 4.09. The molecule has 0 saturated heterocycles. The normalized spacial score (nSPS) is 11.2. The number of nitrogens with one attached hydrogen (secondary N) is 1. The van der Waals surface area contributed by atoms with Crippen molar-refractivity contribution in [2.24, 2.45) is 0 Å². The lowest BCUT2D eigenvalue weighted by Crippen LogP contribution is -1.83. The zero-order chi connectivity index (χ0) is 9.54. The quantitative estimate of drug-likeness (QED) is 0.571. The van der Waals surface area contributed by atoms with E-state index in [2.05, 4.69) is 20.2 Å². The number of pyridine rings is 2. The zero-order valence-electron chi connectivity index (χ0n) is 7.03. The highest BCUT2D eigenvalue weighted by molar-refractivity contribution is 6.35. The Balaban J connectivity index is 2.66. The molecule has 0 spiro atoms. The van der Waals surface area contributed by atoms with Gasteiger partial charge in [-0.05, 0) is 6.07 Å². The molecule has 0 radical (unpaired) electrons. The second-order valence-electron chi connectivity index (χ2n) is 2.94. The number of fused-ring (bicyclic) bond motifs is 3. The van der Waals surface area contributed by atoms with Crippen molar-refractivity contribution in [1.29, 1.82) is 0 Å². The maximum Gasteiger partial charge on any atom is 0.157 e. The minimum atomic E-state index is 0.404. The Morgan fingerprint density at radius 3 is 3.14 bits per heavy atom. The number of hydrogen-bond acceptors (Lipinski definition) is 3. The van der Waals surface area contributed by atoms with Crippen molar-refractivity contribution in [3.63, 3.8) is 0 Å². The van der Waals surface area contributed by atoms with Gasteiger partial charge in [0, 0.05) is 23.2 Å². The standard InChI is InChI=1S/C9H5ClN4/c10-9-8-6(3-12-14-8)5-1-2-11-4-7(5)13-9/h1-4H,(H,12,14). The number of rotatable bonds is 0. The lowest BCUT2D eigenvalue weighted by Gasteiger charge is -1.98. The number of H-pyrrole nitrogens is 1. The van der Waals surface area contributed by atoms with Crippen LogP contribution < -0.4 is 0 Å². The number of aromatic amines is 1. The number of nitrogens with zero attached hydrogens (tertiary/aromatic N) is 3. The molecule has 0 atom stereocenters. The fourth-order valence-corrected chi connectivity index (χ4v) is 1.75. The molecule has 3 rings (SSSR count). The van der Waals surface area contributed by atoms with Crippen LogP contribution in [-0.2, 0) is 0 Å². The van der Waals surface area contributed by atoms with Crippen LogP contribution >= 0.6 is 11.6 Å². The molecule has 1 N–H and O–H groups in total. The minimum absolute atomic E-state index is 0.404. The summed E-state index contributed by atoms with van der Waals surface area (Å²) < 4.78 is 0. The highest BCUT2D eigenvalue weighted by Gasteiger charge is 2.07. The monoisotopic (exact) mass is 204 g/mol. The van der Waals surface area contributed by atoms with Crippen molar-refractivity contribution < 1.29 is 0 Å². The molecule has 68 valence electrons. The van der Waals surface area contributed by atoms with Gasteiger partial charge in [-0.15, -0.1) is 0 Å². The molecular formula is C9H5ClN4. The van der Waals surface area contributed by atoms with Gasteiger partial charge in [-0.1, -0.05) is 11.6 Å². The summed E-state index contributed by atoms with van der Waals surface area (Å²) in [5, 5.41) is 9.19. The lowest BCUT2D eigenvalue weighted by atomic mass is 10.2. The number of halogens is 1. The molecule has 0 aliphatic carbocycles. The smallest absolute Gasteiger partial charge is 0.157 e. The molecule has 14 heavy (non-hydrogen) atoms. The van der Waals surface area contributed by atoms with Gasteiger partial charge in [-0.3, -0.25) is 10.1 Å². The Morgan fingerprint density at radius 1 is 1.29 bits per heavy atom. The van der Waals surface area contributed by atoms with E-state index in [-0.39, 0.29) is 0 Å².